The number of rotatable bonds is 3. The summed E-state index contributed by atoms with van der Waals surface area (Å²) in [5.74, 6) is -0.718. The SMILES string of the molecule is CNCC(=O)c1ccc2cc[nH]c2c1F. The second kappa shape index (κ2) is 3.82. The van der Waals surface area contributed by atoms with Crippen LogP contribution in [0.4, 0.5) is 4.39 Å². The molecule has 2 aromatic rings. The minimum absolute atomic E-state index is 0.124. The van der Waals surface area contributed by atoms with Crippen molar-refractivity contribution in [3.05, 3.63) is 35.8 Å². The van der Waals surface area contributed by atoms with Gasteiger partial charge in [0.15, 0.2) is 11.6 Å². The standard InChI is InChI=1S/C11H11FN2O/c1-13-6-9(15)8-3-2-7-4-5-14-11(7)10(8)12/h2-5,13-14H,6H2,1H3. The topological polar surface area (TPSA) is 44.9 Å². The molecule has 0 aliphatic rings. The van der Waals surface area contributed by atoms with Crippen molar-refractivity contribution in [2.24, 2.45) is 0 Å². The number of halogens is 1. The number of aromatic nitrogens is 1. The summed E-state index contributed by atoms with van der Waals surface area (Å²) in [6.07, 6.45) is 1.65. The number of H-pyrrole nitrogens is 1. The van der Waals surface area contributed by atoms with E-state index in [1.165, 1.54) is 6.07 Å². The third kappa shape index (κ3) is 1.64. The molecule has 15 heavy (non-hydrogen) atoms. The number of aromatic amines is 1. The Balaban J connectivity index is 2.52. The van der Waals surface area contributed by atoms with Gasteiger partial charge >= 0.3 is 0 Å². The molecule has 2 N–H and O–H groups in total. The zero-order chi connectivity index (χ0) is 10.8. The second-order valence-corrected chi connectivity index (χ2v) is 3.32. The van der Waals surface area contributed by atoms with E-state index in [-0.39, 0.29) is 17.9 Å². The third-order valence-electron chi connectivity index (χ3n) is 2.30. The van der Waals surface area contributed by atoms with E-state index < -0.39 is 5.82 Å². The molecule has 0 bridgehead atoms. The molecule has 1 heterocycles. The number of ketones is 1. The smallest absolute Gasteiger partial charge is 0.179 e. The van der Waals surface area contributed by atoms with Crippen molar-refractivity contribution >= 4 is 16.7 Å². The molecule has 0 radical (unpaired) electrons. The highest BCUT2D eigenvalue weighted by molar-refractivity contribution is 6.01. The number of carbonyl (C=O) groups excluding carboxylic acids is 1. The van der Waals surface area contributed by atoms with E-state index in [0.29, 0.717) is 5.52 Å². The van der Waals surface area contributed by atoms with Crippen molar-refractivity contribution in [2.45, 2.75) is 0 Å². The third-order valence-corrected chi connectivity index (χ3v) is 2.30. The van der Waals surface area contributed by atoms with Gasteiger partial charge in [0.05, 0.1) is 17.6 Å². The molecule has 0 unspecified atom stereocenters. The van der Waals surface area contributed by atoms with Crippen LogP contribution in [0.5, 0.6) is 0 Å². The average Bonchev–Trinajstić information content (AvgIpc) is 2.67. The Morgan fingerprint density at radius 2 is 2.27 bits per heavy atom. The molecule has 0 atom stereocenters. The molecule has 0 fully saturated rings. The first kappa shape index (κ1) is 9.86. The predicted octanol–water partition coefficient (Wildman–Crippen LogP) is 1.71. The van der Waals surface area contributed by atoms with Crippen LogP contribution >= 0.6 is 0 Å². The summed E-state index contributed by atoms with van der Waals surface area (Å²) in [5, 5.41) is 3.48. The molecule has 0 spiro atoms. The van der Waals surface area contributed by atoms with Crippen LogP contribution in [-0.2, 0) is 0 Å². The van der Waals surface area contributed by atoms with E-state index in [1.807, 2.05) is 0 Å². The van der Waals surface area contributed by atoms with Crippen molar-refractivity contribution in [1.82, 2.24) is 10.3 Å². The Bertz CT molecular complexity index is 504. The van der Waals surface area contributed by atoms with Crippen molar-refractivity contribution in [3.63, 3.8) is 0 Å². The van der Waals surface area contributed by atoms with Crippen molar-refractivity contribution < 1.29 is 9.18 Å². The lowest BCUT2D eigenvalue weighted by atomic mass is 10.1. The molecule has 0 saturated heterocycles. The first-order chi connectivity index (χ1) is 7.24. The number of Topliss-reactive ketones (excluding diaryl/α,β-unsaturated/α-hetero) is 1. The highest BCUT2D eigenvalue weighted by Gasteiger charge is 2.13. The Morgan fingerprint density at radius 3 is 3.00 bits per heavy atom. The molecule has 2 rings (SSSR count). The largest absolute Gasteiger partial charge is 0.359 e. The summed E-state index contributed by atoms with van der Waals surface area (Å²) < 4.78 is 13.8. The first-order valence-electron chi connectivity index (χ1n) is 4.67. The number of benzene rings is 1. The van der Waals surface area contributed by atoms with Gasteiger partial charge in [-0.15, -0.1) is 0 Å². The van der Waals surface area contributed by atoms with Crippen LogP contribution in [0.25, 0.3) is 10.9 Å². The predicted molar refractivity (Wildman–Crippen MR) is 56.5 cm³/mol. The van der Waals surface area contributed by atoms with Crippen molar-refractivity contribution in [2.75, 3.05) is 13.6 Å². The van der Waals surface area contributed by atoms with Gasteiger partial charge in [-0.3, -0.25) is 4.79 Å². The molecular weight excluding hydrogens is 195 g/mol. The van der Waals surface area contributed by atoms with E-state index in [4.69, 9.17) is 0 Å². The molecule has 0 aliphatic heterocycles. The number of nitrogens with one attached hydrogen (secondary N) is 2. The highest BCUT2D eigenvalue weighted by Crippen LogP contribution is 2.19. The Morgan fingerprint density at radius 1 is 1.47 bits per heavy atom. The minimum atomic E-state index is -0.474. The van der Waals surface area contributed by atoms with Crippen molar-refractivity contribution in [3.8, 4) is 0 Å². The number of hydrogen-bond donors (Lipinski definition) is 2. The first-order valence-corrected chi connectivity index (χ1v) is 4.67. The van der Waals surface area contributed by atoms with Gasteiger partial charge in [0.25, 0.3) is 0 Å². The maximum atomic E-state index is 13.8. The zero-order valence-corrected chi connectivity index (χ0v) is 8.30. The average molecular weight is 206 g/mol. The Hall–Kier alpha value is -1.68. The summed E-state index contributed by atoms with van der Waals surface area (Å²) in [4.78, 5) is 14.3. The zero-order valence-electron chi connectivity index (χ0n) is 8.30. The maximum Gasteiger partial charge on any atom is 0.179 e. The van der Waals surface area contributed by atoms with Gasteiger partial charge < -0.3 is 10.3 Å². The van der Waals surface area contributed by atoms with Gasteiger partial charge in [0, 0.05) is 11.6 Å². The van der Waals surface area contributed by atoms with E-state index in [0.717, 1.165) is 5.39 Å². The number of fused-ring (bicyclic) bond motifs is 1. The highest BCUT2D eigenvalue weighted by atomic mass is 19.1. The van der Waals surface area contributed by atoms with Crippen LogP contribution < -0.4 is 5.32 Å². The van der Waals surface area contributed by atoms with Gasteiger partial charge in [0.2, 0.25) is 0 Å². The number of carbonyl (C=O) groups is 1. The monoisotopic (exact) mass is 206 g/mol. The van der Waals surface area contributed by atoms with E-state index in [2.05, 4.69) is 10.3 Å². The molecule has 0 saturated carbocycles. The van der Waals surface area contributed by atoms with Crippen LogP contribution in [0, 0.1) is 5.82 Å². The van der Waals surface area contributed by atoms with Crippen LogP contribution in [0.2, 0.25) is 0 Å². The molecule has 1 aromatic heterocycles. The molecule has 0 amide bonds. The van der Waals surface area contributed by atoms with Crippen LogP contribution in [0.1, 0.15) is 10.4 Å². The summed E-state index contributed by atoms with van der Waals surface area (Å²) >= 11 is 0. The maximum absolute atomic E-state index is 13.8. The molecule has 0 aliphatic carbocycles. The second-order valence-electron chi connectivity index (χ2n) is 3.32. The fraction of sp³-hybridized carbons (Fsp3) is 0.182. The molecule has 1 aromatic carbocycles. The van der Waals surface area contributed by atoms with Crippen LogP contribution in [0.15, 0.2) is 24.4 Å². The Kier molecular flexibility index (Phi) is 2.51. The van der Waals surface area contributed by atoms with E-state index >= 15 is 0 Å². The van der Waals surface area contributed by atoms with Gasteiger partial charge in [0.1, 0.15) is 0 Å². The lowest BCUT2D eigenvalue weighted by Gasteiger charge is -2.02. The van der Waals surface area contributed by atoms with Crippen LogP contribution in [-0.4, -0.2) is 24.4 Å². The summed E-state index contributed by atoms with van der Waals surface area (Å²) in [7, 11) is 1.66. The van der Waals surface area contributed by atoms with Crippen LogP contribution in [0.3, 0.4) is 0 Å². The number of likely N-dealkylation sites (N-methyl/N-ethyl adjacent to an activating group) is 1. The lowest BCUT2D eigenvalue weighted by molar-refractivity contribution is 0.0990. The van der Waals surface area contributed by atoms with Gasteiger partial charge in [-0.25, -0.2) is 4.39 Å². The summed E-state index contributed by atoms with van der Waals surface area (Å²) in [5.41, 5.74) is 0.510. The fourth-order valence-corrected chi connectivity index (χ4v) is 1.56. The summed E-state index contributed by atoms with van der Waals surface area (Å²) in [6, 6.07) is 5.02. The fourth-order valence-electron chi connectivity index (χ4n) is 1.56. The molecular formula is C11H11FN2O. The summed E-state index contributed by atoms with van der Waals surface area (Å²) in [6.45, 7) is 0.142. The molecule has 4 heteroatoms. The van der Waals surface area contributed by atoms with E-state index in [9.17, 15) is 9.18 Å². The Labute approximate surface area is 86.3 Å². The van der Waals surface area contributed by atoms with Crippen molar-refractivity contribution in [1.29, 1.82) is 0 Å². The quantitative estimate of drug-likeness (QED) is 0.751. The van der Waals surface area contributed by atoms with E-state index in [1.54, 1.807) is 25.4 Å². The molecule has 78 valence electrons. The lowest BCUT2D eigenvalue weighted by Crippen LogP contribution is -2.19. The minimum Gasteiger partial charge on any atom is -0.359 e. The van der Waals surface area contributed by atoms with Gasteiger partial charge in [-0.05, 0) is 19.2 Å². The van der Waals surface area contributed by atoms with Gasteiger partial charge in [-0.1, -0.05) is 6.07 Å². The number of hydrogen-bond acceptors (Lipinski definition) is 2. The molecule has 3 nitrogen and oxygen atoms in total. The normalized spacial score (nSPS) is 10.8. The van der Waals surface area contributed by atoms with Gasteiger partial charge in [-0.2, -0.15) is 0 Å².